The van der Waals surface area contributed by atoms with Gasteiger partial charge < -0.3 is 14.3 Å². The highest BCUT2D eigenvalue weighted by molar-refractivity contribution is 6.74. The average Bonchev–Trinajstić information content (AvgIpc) is 3.02. The van der Waals surface area contributed by atoms with Crippen molar-refractivity contribution in [1.82, 2.24) is 0 Å². The van der Waals surface area contributed by atoms with Crippen LogP contribution in [0.15, 0.2) is 0 Å². The van der Waals surface area contributed by atoms with Crippen molar-refractivity contribution in [3.63, 3.8) is 0 Å². The SMILES string of the molecule is CC(C)(C)[Si](C)(C)OC1CC[C@@]2(C)[C@@H](CC[C@@H]3[C@@H]2CC[C@]2(C)[C@@H](OCCO)CC[C@@H]32)C1. The third-order valence-corrected chi connectivity index (χ3v) is 15.7. The largest absolute Gasteiger partial charge is 0.414 e. The fourth-order valence-electron chi connectivity index (χ4n) is 8.34. The van der Waals surface area contributed by atoms with Gasteiger partial charge in [-0.2, -0.15) is 0 Å². The van der Waals surface area contributed by atoms with E-state index in [1.807, 2.05) is 0 Å². The molecule has 4 saturated carbocycles. The highest BCUT2D eigenvalue weighted by Crippen LogP contribution is 2.66. The Labute approximate surface area is 193 Å². The van der Waals surface area contributed by atoms with E-state index in [0.29, 0.717) is 34.7 Å². The molecule has 0 heterocycles. The standard InChI is InChI=1S/C27H50O3Si/c1-25(2,3)31(6,7)30-20-12-14-26(4)19(18-20)8-9-21-22-10-11-24(29-17-16-28)27(22,5)15-13-23(21)26/h19-24,28H,8-18H2,1-7H3/t19-,20?,21-,22-,23-,24-,26-,27-/m0/s1. The summed E-state index contributed by atoms with van der Waals surface area (Å²) in [5.74, 6) is 3.47. The fraction of sp³-hybridized carbons (Fsp3) is 1.00. The van der Waals surface area contributed by atoms with Crippen molar-refractivity contribution >= 4 is 8.32 Å². The van der Waals surface area contributed by atoms with Gasteiger partial charge in [0.1, 0.15) is 0 Å². The van der Waals surface area contributed by atoms with E-state index in [-0.39, 0.29) is 6.61 Å². The van der Waals surface area contributed by atoms with Crippen molar-refractivity contribution in [3.05, 3.63) is 0 Å². The summed E-state index contributed by atoms with van der Waals surface area (Å²) in [5.41, 5.74) is 0.851. The highest BCUT2D eigenvalue weighted by Gasteiger charge is 2.60. The van der Waals surface area contributed by atoms with Gasteiger partial charge in [-0.3, -0.25) is 0 Å². The summed E-state index contributed by atoms with van der Waals surface area (Å²) in [6.07, 6.45) is 12.9. The van der Waals surface area contributed by atoms with Crippen molar-refractivity contribution in [2.24, 2.45) is 34.5 Å². The minimum absolute atomic E-state index is 0.154. The number of aliphatic hydroxyl groups excluding tert-OH is 1. The van der Waals surface area contributed by atoms with E-state index in [2.05, 4.69) is 47.7 Å². The quantitative estimate of drug-likeness (QED) is 0.468. The Hall–Kier alpha value is 0.0969. The summed E-state index contributed by atoms with van der Waals surface area (Å²) in [4.78, 5) is 0. The van der Waals surface area contributed by atoms with E-state index < -0.39 is 8.32 Å². The molecule has 0 aromatic carbocycles. The van der Waals surface area contributed by atoms with E-state index in [1.54, 1.807) is 0 Å². The zero-order chi connectivity index (χ0) is 22.7. The highest BCUT2D eigenvalue weighted by atomic mass is 28.4. The Morgan fingerprint density at radius 1 is 0.903 bits per heavy atom. The van der Waals surface area contributed by atoms with E-state index in [4.69, 9.17) is 9.16 Å². The second kappa shape index (κ2) is 8.39. The van der Waals surface area contributed by atoms with Crippen LogP contribution in [-0.4, -0.2) is 38.8 Å². The van der Waals surface area contributed by atoms with Crippen LogP contribution in [0.25, 0.3) is 0 Å². The second-order valence-electron chi connectivity index (χ2n) is 13.6. The van der Waals surface area contributed by atoms with Gasteiger partial charge in [0.15, 0.2) is 8.32 Å². The third-order valence-electron chi connectivity index (χ3n) is 11.2. The van der Waals surface area contributed by atoms with Gasteiger partial charge in [-0.15, -0.1) is 0 Å². The Kier molecular flexibility index (Phi) is 6.56. The Morgan fingerprint density at radius 3 is 2.26 bits per heavy atom. The molecule has 0 aliphatic heterocycles. The molecule has 4 fully saturated rings. The molecule has 0 radical (unpaired) electrons. The predicted molar refractivity (Wildman–Crippen MR) is 131 cm³/mol. The predicted octanol–water partition coefficient (Wildman–Crippen LogP) is 6.80. The first-order chi connectivity index (χ1) is 14.4. The molecule has 0 bridgehead atoms. The van der Waals surface area contributed by atoms with Crippen molar-refractivity contribution in [3.8, 4) is 0 Å². The van der Waals surface area contributed by atoms with Gasteiger partial charge >= 0.3 is 0 Å². The minimum Gasteiger partial charge on any atom is -0.414 e. The smallest absolute Gasteiger partial charge is 0.192 e. The fourth-order valence-corrected chi connectivity index (χ4v) is 9.74. The molecule has 31 heavy (non-hydrogen) atoms. The monoisotopic (exact) mass is 450 g/mol. The molecule has 4 rings (SSSR count). The molecular weight excluding hydrogens is 400 g/mol. The minimum atomic E-state index is -1.69. The number of fused-ring (bicyclic) bond motifs is 5. The summed E-state index contributed by atoms with van der Waals surface area (Å²) in [7, 11) is -1.69. The summed E-state index contributed by atoms with van der Waals surface area (Å²) in [6.45, 7) is 17.8. The molecule has 4 aliphatic rings. The summed E-state index contributed by atoms with van der Waals surface area (Å²) in [5, 5.41) is 9.56. The second-order valence-corrected chi connectivity index (χ2v) is 18.4. The van der Waals surface area contributed by atoms with E-state index in [1.165, 1.54) is 57.8 Å². The summed E-state index contributed by atoms with van der Waals surface area (Å²) >= 11 is 0. The number of aliphatic hydroxyl groups is 1. The Balaban J connectivity index is 1.45. The van der Waals surface area contributed by atoms with E-state index in [0.717, 1.165) is 23.7 Å². The van der Waals surface area contributed by atoms with Gasteiger partial charge in [0, 0.05) is 6.10 Å². The molecule has 1 unspecified atom stereocenters. The van der Waals surface area contributed by atoms with Crippen molar-refractivity contribution in [1.29, 1.82) is 0 Å². The number of hydrogen-bond acceptors (Lipinski definition) is 3. The molecule has 0 aromatic heterocycles. The molecule has 3 nitrogen and oxygen atoms in total. The van der Waals surface area contributed by atoms with Crippen LogP contribution in [0.1, 0.15) is 92.4 Å². The lowest BCUT2D eigenvalue weighted by atomic mass is 9.45. The average molecular weight is 451 g/mol. The van der Waals surface area contributed by atoms with Crippen LogP contribution in [0.4, 0.5) is 0 Å². The number of hydrogen-bond donors (Lipinski definition) is 1. The van der Waals surface area contributed by atoms with Crippen LogP contribution < -0.4 is 0 Å². The first kappa shape index (κ1) is 24.2. The zero-order valence-electron chi connectivity index (χ0n) is 21.5. The molecule has 4 heteroatoms. The van der Waals surface area contributed by atoms with Gasteiger partial charge in [-0.25, -0.2) is 0 Å². The first-order valence-corrected chi connectivity index (χ1v) is 16.2. The van der Waals surface area contributed by atoms with Crippen molar-refractivity contribution in [2.75, 3.05) is 13.2 Å². The Morgan fingerprint density at radius 2 is 1.58 bits per heavy atom. The van der Waals surface area contributed by atoms with Crippen LogP contribution in [0.2, 0.25) is 18.1 Å². The first-order valence-electron chi connectivity index (χ1n) is 13.3. The maximum atomic E-state index is 9.26. The molecule has 0 aromatic rings. The maximum absolute atomic E-state index is 9.26. The van der Waals surface area contributed by atoms with Crippen LogP contribution in [0, 0.1) is 34.5 Å². The summed E-state index contributed by atoms with van der Waals surface area (Å²) in [6, 6.07) is 0. The molecule has 1 N–H and O–H groups in total. The number of rotatable bonds is 5. The van der Waals surface area contributed by atoms with Crippen LogP contribution in [0.5, 0.6) is 0 Å². The van der Waals surface area contributed by atoms with E-state index in [9.17, 15) is 5.11 Å². The van der Waals surface area contributed by atoms with Crippen LogP contribution >= 0.6 is 0 Å². The lowest BCUT2D eigenvalue weighted by molar-refractivity contribution is -0.141. The zero-order valence-corrected chi connectivity index (χ0v) is 22.5. The summed E-state index contributed by atoms with van der Waals surface area (Å²) < 4.78 is 13.1. The lowest BCUT2D eigenvalue weighted by Gasteiger charge is -2.61. The third kappa shape index (κ3) is 4.10. The normalized spacial score (nSPS) is 45.7. The van der Waals surface area contributed by atoms with Crippen LogP contribution in [0.3, 0.4) is 0 Å². The molecular formula is C27H50O3Si. The topological polar surface area (TPSA) is 38.7 Å². The van der Waals surface area contributed by atoms with E-state index >= 15 is 0 Å². The lowest BCUT2D eigenvalue weighted by Crippen LogP contribution is -2.55. The van der Waals surface area contributed by atoms with Gasteiger partial charge in [0.2, 0.25) is 0 Å². The van der Waals surface area contributed by atoms with Gasteiger partial charge in [0.05, 0.1) is 19.3 Å². The van der Waals surface area contributed by atoms with Crippen LogP contribution in [-0.2, 0) is 9.16 Å². The van der Waals surface area contributed by atoms with Gasteiger partial charge in [-0.05, 0) is 110 Å². The van der Waals surface area contributed by atoms with Crippen molar-refractivity contribution < 1.29 is 14.3 Å². The molecule has 0 saturated heterocycles. The van der Waals surface area contributed by atoms with Gasteiger partial charge in [0.25, 0.3) is 0 Å². The van der Waals surface area contributed by atoms with Crippen molar-refractivity contribution in [2.45, 2.75) is 123 Å². The molecule has 0 spiro atoms. The Bertz CT molecular complexity index is 643. The number of ether oxygens (including phenoxy) is 1. The molecule has 8 atom stereocenters. The molecule has 0 amide bonds. The van der Waals surface area contributed by atoms with Gasteiger partial charge in [-0.1, -0.05) is 34.6 Å². The molecule has 180 valence electrons. The molecule has 4 aliphatic carbocycles. The maximum Gasteiger partial charge on any atom is 0.192 e.